The molecule has 1 aromatic carbocycles. The van der Waals surface area contributed by atoms with E-state index in [-0.39, 0.29) is 17.2 Å². The number of piperazine rings is 1. The number of rotatable bonds is 5. The zero-order chi connectivity index (χ0) is 22.5. The van der Waals surface area contributed by atoms with Crippen molar-refractivity contribution in [2.24, 2.45) is 23.2 Å². The van der Waals surface area contributed by atoms with Gasteiger partial charge < -0.3 is 10.2 Å². The topological polar surface area (TPSA) is 86.8 Å². The van der Waals surface area contributed by atoms with Crippen LogP contribution >= 0.6 is 0 Å². The van der Waals surface area contributed by atoms with Crippen LogP contribution in [-0.2, 0) is 21.4 Å². The molecule has 2 amide bonds. The smallest absolute Gasteiger partial charge is 0.253 e. The number of nitrogens with zero attached hydrogens (tertiary/aromatic N) is 2. The van der Waals surface area contributed by atoms with Crippen LogP contribution in [0.3, 0.4) is 0 Å². The molecule has 1 heterocycles. The third-order valence-corrected chi connectivity index (χ3v) is 9.47. The highest BCUT2D eigenvalue weighted by Crippen LogP contribution is 2.60. The summed E-state index contributed by atoms with van der Waals surface area (Å²) in [6, 6.07) is 7.41. The fourth-order valence-electron chi connectivity index (χ4n) is 6.93. The number of benzene rings is 1. The molecular weight excluding hydrogens is 426 g/mol. The summed E-state index contributed by atoms with van der Waals surface area (Å²) in [7, 11) is -3.21. The Morgan fingerprint density at radius 2 is 1.47 bits per heavy atom. The molecule has 6 rings (SSSR count). The van der Waals surface area contributed by atoms with E-state index in [2.05, 4.69) is 5.32 Å². The van der Waals surface area contributed by atoms with Gasteiger partial charge >= 0.3 is 0 Å². The number of hydrogen-bond acceptors (Lipinski definition) is 4. The second-order valence-electron chi connectivity index (χ2n) is 10.5. The van der Waals surface area contributed by atoms with Crippen molar-refractivity contribution in [3.8, 4) is 0 Å². The molecule has 1 aromatic rings. The van der Waals surface area contributed by atoms with Crippen LogP contribution in [0.1, 0.15) is 54.4 Å². The fourth-order valence-corrected chi connectivity index (χ4v) is 7.76. The molecule has 5 aliphatic rings. The number of carbonyl (C=O) groups is 2. The normalized spacial score (nSPS) is 32.2. The monoisotopic (exact) mass is 459 g/mol. The molecule has 4 aliphatic carbocycles. The highest BCUT2D eigenvalue weighted by atomic mass is 32.2. The van der Waals surface area contributed by atoms with Crippen LogP contribution in [0, 0.1) is 23.2 Å². The lowest BCUT2D eigenvalue weighted by atomic mass is 9.49. The molecule has 0 spiro atoms. The molecular formula is C24H33N3O4S. The van der Waals surface area contributed by atoms with Gasteiger partial charge in [0.1, 0.15) is 0 Å². The predicted octanol–water partition coefficient (Wildman–Crippen LogP) is 2.24. The summed E-state index contributed by atoms with van der Waals surface area (Å²) in [4.78, 5) is 27.6. The van der Waals surface area contributed by atoms with Gasteiger partial charge in [0.2, 0.25) is 15.9 Å². The van der Waals surface area contributed by atoms with E-state index in [1.165, 1.54) is 29.8 Å². The van der Waals surface area contributed by atoms with E-state index in [0.717, 1.165) is 42.6 Å². The molecule has 7 nitrogen and oxygen atoms in total. The largest absolute Gasteiger partial charge is 0.352 e. The van der Waals surface area contributed by atoms with E-state index in [1.54, 1.807) is 17.0 Å². The second-order valence-corrected chi connectivity index (χ2v) is 12.5. The average molecular weight is 460 g/mol. The minimum absolute atomic E-state index is 0.0812. The number of nitrogens with one attached hydrogen (secondary N) is 1. The Kier molecular flexibility index (Phi) is 5.56. The SMILES string of the molecule is CS(=O)(=O)N1CCN(C(=O)c2ccc(CNC(=O)C34CC5CC(CC(C5)C3)C4)cc2)CC1. The van der Waals surface area contributed by atoms with Crippen molar-refractivity contribution in [2.75, 3.05) is 32.4 Å². The zero-order valence-corrected chi connectivity index (χ0v) is 19.6. The Morgan fingerprint density at radius 3 is 1.97 bits per heavy atom. The van der Waals surface area contributed by atoms with Crippen molar-refractivity contribution < 1.29 is 18.0 Å². The zero-order valence-electron chi connectivity index (χ0n) is 18.8. The molecule has 1 N–H and O–H groups in total. The highest BCUT2D eigenvalue weighted by Gasteiger charge is 2.54. The van der Waals surface area contributed by atoms with Crippen LogP contribution < -0.4 is 5.32 Å². The van der Waals surface area contributed by atoms with Crippen molar-refractivity contribution in [3.05, 3.63) is 35.4 Å². The summed E-state index contributed by atoms with van der Waals surface area (Å²) < 4.78 is 24.7. The van der Waals surface area contributed by atoms with Gasteiger partial charge in [0.05, 0.1) is 6.26 Å². The summed E-state index contributed by atoms with van der Waals surface area (Å²) in [6.07, 6.45) is 8.35. The Labute approximate surface area is 190 Å². The van der Waals surface area contributed by atoms with Gasteiger partial charge in [-0.05, 0) is 74.0 Å². The Morgan fingerprint density at radius 1 is 0.938 bits per heavy atom. The van der Waals surface area contributed by atoms with E-state index >= 15 is 0 Å². The molecule has 4 saturated carbocycles. The first kappa shape index (κ1) is 21.9. The van der Waals surface area contributed by atoms with Crippen molar-refractivity contribution in [1.29, 1.82) is 0 Å². The molecule has 4 bridgehead atoms. The van der Waals surface area contributed by atoms with Crippen molar-refractivity contribution in [3.63, 3.8) is 0 Å². The molecule has 32 heavy (non-hydrogen) atoms. The first-order valence-corrected chi connectivity index (χ1v) is 13.7. The molecule has 0 radical (unpaired) electrons. The standard InChI is InChI=1S/C24H33N3O4S/c1-32(30,31)27-8-6-26(7-9-27)22(28)21-4-2-17(3-5-21)16-25-23(29)24-13-18-10-19(14-24)12-20(11-18)15-24/h2-5,18-20H,6-16H2,1H3,(H,25,29). The maximum absolute atomic E-state index is 13.1. The van der Waals surface area contributed by atoms with Crippen molar-refractivity contribution in [2.45, 2.75) is 45.1 Å². The van der Waals surface area contributed by atoms with Crippen LogP contribution in [0.5, 0.6) is 0 Å². The maximum atomic E-state index is 13.1. The number of sulfonamides is 1. The van der Waals surface area contributed by atoms with Gasteiger partial charge in [-0.25, -0.2) is 8.42 Å². The lowest BCUT2D eigenvalue weighted by molar-refractivity contribution is -0.146. The summed E-state index contributed by atoms with van der Waals surface area (Å²) in [5, 5.41) is 3.19. The summed E-state index contributed by atoms with van der Waals surface area (Å²) in [6.45, 7) is 1.95. The fraction of sp³-hybridized carbons (Fsp3) is 0.667. The van der Waals surface area contributed by atoms with E-state index in [9.17, 15) is 18.0 Å². The quantitative estimate of drug-likeness (QED) is 0.732. The molecule has 1 aliphatic heterocycles. The summed E-state index contributed by atoms with van der Waals surface area (Å²) >= 11 is 0. The molecule has 5 fully saturated rings. The van der Waals surface area contributed by atoms with E-state index < -0.39 is 10.0 Å². The first-order chi connectivity index (χ1) is 15.2. The van der Waals surface area contributed by atoms with Crippen LogP contribution in [-0.4, -0.2) is 61.9 Å². The van der Waals surface area contributed by atoms with Crippen LogP contribution in [0.4, 0.5) is 0 Å². The first-order valence-electron chi connectivity index (χ1n) is 11.8. The minimum atomic E-state index is -3.21. The molecule has 0 atom stereocenters. The van der Waals surface area contributed by atoms with Gasteiger partial charge in [-0.1, -0.05) is 12.1 Å². The minimum Gasteiger partial charge on any atom is -0.352 e. The lowest BCUT2D eigenvalue weighted by Crippen LogP contribution is -2.53. The van der Waals surface area contributed by atoms with Gasteiger partial charge in [0.15, 0.2) is 0 Å². The highest BCUT2D eigenvalue weighted by molar-refractivity contribution is 7.88. The summed E-state index contributed by atoms with van der Waals surface area (Å²) in [5.74, 6) is 2.38. The van der Waals surface area contributed by atoms with Crippen molar-refractivity contribution >= 4 is 21.8 Å². The van der Waals surface area contributed by atoms with E-state index in [1.807, 2.05) is 12.1 Å². The predicted molar refractivity (Wildman–Crippen MR) is 121 cm³/mol. The van der Waals surface area contributed by atoms with Gasteiger partial charge in [-0.2, -0.15) is 4.31 Å². The Hall–Kier alpha value is -1.93. The molecule has 1 saturated heterocycles. The third-order valence-electron chi connectivity index (χ3n) is 8.17. The number of carbonyl (C=O) groups excluding carboxylic acids is 2. The van der Waals surface area contributed by atoms with Crippen LogP contribution in [0.25, 0.3) is 0 Å². The molecule has 0 unspecified atom stereocenters. The van der Waals surface area contributed by atoms with Gasteiger partial charge in [-0.3, -0.25) is 9.59 Å². The Bertz CT molecular complexity index is 961. The molecule has 0 aromatic heterocycles. The summed E-state index contributed by atoms with van der Waals surface area (Å²) in [5.41, 5.74) is 1.44. The van der Waals surface area contributed by atoms with Crippen LogP contribution in [0.15, 0.2) is 24.3 Å². The van der Waals surface area contributed by atoms with E-state index in [0.29, 0.717) is 38.3 Å². The maximum Gasteiger partial charge on any atom is 0.253 e. The molecule has 174 valence electrons. The van der Waals surface area contributed by atoms with Gasteiger partial charge in [0, 0.05) is 43.7 Å². The third kappa shape index (κ3) is 4.19. The number of hydrogen-bond donors (Lipinski definition) is 1. The van der Waals surface area contributed by atoms with Crippen molar-refractivity contribution in [1.82, 2.24) is 14.5 Å². The lowest BCUT2D eigenvalue weighted by Gasteiger charge is -2.55. The second kappa shape index (κ2) is 8.13. The van der Waals surface area contributed by atoms with E-state index in [4.69, 9.17) is 0 Å². The molecule has 8 heteroatoms. The van der Waals surface area contributed by atoms with Gasteiger partial charge in [-0.15, -0.1) is 0 Å². The average Bonchev–Trinajstić information content (AvgIpc) is 2.76. The Balaban J connectivity index is 1.15. The number of amides is 2. The van der Waals surface area contributed by atoms with Gasteiger partial charge in [0.25, 0.3) is 5.91 Å². The van der Waals surface area contributed by atoms with Crippen LogP contribution in [0.2, 0.25) is 0 Å².